The van der Waals surface area contributed by atoms with Crippen LogP contribution in [0.1, 0.15) is 38.2 Å². The summed E-state index contributed by atoms with van der Waals surface area (Å²) in [6.45, 7) is 5.34. The molecule has 0 saturated heterocycles. The highest BCUT2D eigenvalue weighted by Crippen LogP contribution is 2.24. The average Bonchev–Trinajstić information content (AvgIpc) is 2.84. The van der Waals surface area contributed by atoms with Crippen LogP contribution in [0, 0.1) is 17.0 Å². The average molecular weight is 307 g/mol. The molecule has 1 aromatic heterocycles. The zero-order valence-corrected chi connectivity index (χ0v) is 13.0. The van der Waals surface area contributed by atoms with Gasteiger partial charge >= 0.3 is 0 Å². The third kappa shape index (κ3) is 3.32. The van der Waals surface area contributed by atoms with Crippen molar-refractivity contribution in [3.8, 4) is 0 Å². The number of rotatable bonds is 3. The van der Waals surface area contributed by atoms with Crippen molar-refractivity contribution in [3.05, 3.63) is 53.6 Å². The van der Waals surface area contributed by atoms with Crippen LogP contribution in [0.25, 0.3) is 0 Å². The van der Waals surface area contributed by atoms with Gasteiger partial charge in [-0.15, -0.1) is 0 Å². The van der Waals surface area contributed by atoms with Crippen molar-refractivity contribution >= 4 is 5.91 Å². The van der Waals surface area contributed by atoms with Crippen LogP contribution < -0.4 is 5.32 Å². The predicted molar refractivity (Wildman–Crippen MR) is 79.0 cm³/mol. The number of halogens is 2. The van der Waals surface area contributed by atoms with Crippen LogP contribution in [-0.4, -0.2) is 15.5 Å². The third-order valence-electron chi connectivity index (χ3n) is 3.35. The molecule has 2 rings (SSSR count). The van der Waals surface area contributed by atoms with Gasteiger partial charge in [-0.2, -0.15) is 0 Å². The van der Waals surface area contributed by atoms with E-state index in [4.69, 9.17) is 0 Å². The van der Waals surface area contributed by atoms with E-state index in [1.807, 2.05) is 0 Å². The number of nitrogens with one attached hydrogen (secondary N) is 1. The molecule has 6 heteroatoms. The van der Waals surface area contributed by atoms with E-state index < -0.39 is 23.1 Å². The molecule has 0 aliphatic carbocycles. The first kappa shape index (κ1) is 16.1. The minimum absolute atomic E-state index is 0.203. The van der Waals surface area contributed by atoms with Crippen molar-refractivity contribution in [1.82, 2.24) is 14.9 Å². The number of imidazole rings is 1. The topological polar surface area (TPSA) is 46.9 Å². The van der Waals surface area contributed by atoms with Gasteiger partial charge in [0.15, 0.2) is 11.6 Å². The van der Waals surface area contributed by atoms with Gasteiger partial charge in [-0.25, -0.2) is 13.8 Å². The number of aromatic nitrogens is 2. The molecule has 2 aromatic rings. The maximum Gasteiger partial charge on any atom is 0.226 e. The second kappa shape index (κ2) is 5.87. The van der Waals surface area contributed by atoms with Gasteiger partial charge in [0.25, 0.3) is 0 Å². The third-order valence-corrected chi connectivity index (χ3v) is 3.35. The van der Waals surface area contributed by atoms with Crippen molar-refractivity contribution in [2.24, 2.45) is 12.5 Å². The molecule has 0 saturated carbocycles. The molecule has 1 atom stereocenters. The Bertz CT molecular complexity index is 689. The second-order valence-corrected chi connectivity index (χ2v) is 6.23. The van der Waals surface area contributed by atoms with Crippen LogP contribution >= 0.6 is 0 Å². The molecule has 0 fully saturated rings. The van der Waals surface area contributed by atoms with Crippen molar-refractivity contribution in [2.45, 2.75) is 26.8 Å². The van der Waals surface area contributed by atoms with E-state index in [-0.39, 0.29) is 5.91 Å². The molecule has 1 heterocycles. The summed E-state index contributed by atoms with van der Waals surface area (Å²) in [4.78, 5) is 16.5. The quantitative estimate of drug-likeness (QED) is 0.947. The molecule has 1 aromatic carbocycles. The maximum absolute atomic E-state index is 13.5. The molecule has 0 aliphatic rings. The number of carbonyl (C=O) groups excluding carboxylic acids is 1. The molecule has 0 bridgehead atoms. The number of hydrogen-bond donors (Lipinski definition) is 1. The van der Waals surface area contributed by atoms with E-state index in [9.17, 15) is 13.6 Å². The summed E-state index contributed by atoms with van der Waals surface area (Å²) >= 11 is 0. The van der Waals surface area contributed by atoms with E-state index >= 15 is 0 Å². The zero-order chi connectivity index (χ0) is 16.5. The fourth-order valence-corrected chi connectivity index (χ4v) is 1.99. The Morgan fingerprint density at radius 3 is 2.45 bits per heavy atom. The lowest BCUT2D eigenvalue weighted by molar-refractivity contribution is -0.129. The van der Waals surface area contributed by atoms with Crippen LogP contribution in [0.4, 0.5) is 8.78 Å². The minimum atomic E-state index is -0.957. The van der Waals surface area contributed by atoms with Gasteiger partial charge in [-0.1, -0.05) is 26.8 Å². The molecule has 1 N–H and O–H groups in total. The smallest absolute Gasteiger partial charge is 0.226 e. The van der Waals surface area contributed by atoms with Crippen LogP contribution in [0.3, 0.4) is 0 Å². The van der Waals surface area contributed by atoms with E-state index in [1.54, 1.807) is 44.8 Å². The maximum atomic E-state index is 13.5. The van der Waals surface area contributed by atoms with Crippen molar-refractivity contribution in [1.29, 1.82) is 0 Å². The number of carbonyl (C=O) groups is 1. The zero-order valence-electron chi connectivity index (χ0n) is 13.0. The minimum Gasteiger partial charge on any atom is -0.342 e. The van der Waals surface area contributed by atoms with Gasteiger partial charge in [-0.05, 0) is 17.7 Å². The van der Waals surface area contributed by atoms with Gasteiger partial charge in [0, 0.05) is 24.9 Å². The Labute approximate surface area is 128 Å². The number of aryl methyl sites for hydroxylation is 1. The molecular weight excluding hydrogens is 288 g/mol. The van der Waals surface area contributed by atoms with Crippen molar-refractivity contribution in [2.75, 3.05) is 0 Å². The van der Waals surface area contributed by atoms with Crippen molar-refractivity contribution < 1.29 is 13.6 Å². The Morgan fingerprint density at radius 1 is 1.27 bits per heavy atom. The lowest BCUT2D eigenvalue weighted by atomic mass is 9.94. The molecular formula is C16H19F2N3O. The van der Waals surface area contributed by atoms with Gasteiger partial charge < -0.3 is 9.88 Å². The first-order chi connectivity index (χ1) is 10.2. The fourth-order valence-electron chi connectivity index (χ4n) is 1.99. The molecule has 4 nitrogen and oxygen atoms in total. The summed E-state index contributed by atoms with van der Waals surface area (Å²) in [5, 5.41) is 2.85. The summed E-state index contributed by atoms with van der Waals surface area (Å²) in [5.74, 6) is -1.54. The summed E-state index contributed by atoms with van der Waals surface area (Å²) in [7, 11) is 1.78. The molecule has 118 valence electrons. The summed E-state index contributed by atoms with van der Waals surface area (Å²) in [6, 6.07) is 2.92. The van der Waals surface area contributed by atoms with Crippen LogP contribution in [0.15, 0.2) is 30.6 Å². The second-order valence-electron chi connectivity index (χ2n) is 6.23. The fraction of sp³-hybridized carbons (Fsp3) is 0.375. The first-order valence-electron chi connectivity index (χ1n) is 6.93. The lowest BCUT2D eigenvalue weighted by Crippen LogP contribution is -2.38. The predicted octanol–water partition coefficient (Wildman–Crippen LogP) is 2.95. The first-order valence-corrected chi connectivity index (χ1v) is 6.93. The Kier molecular flexibility index (Phi) is 4.30. The number of nitrogens with zero attached hydrogens (tertiary/aromatic N) is 2. The molecule has 0 spiro atoms. The Balaban J connectivity index is 2.44. The molecule has 22 heavy (non-hydrogen) atoms. The normalized spacial score (nSPS) is 13.0. The van der Waals surface area contributed by atoms with Gasteiger partial charge in [0.1, 0.15) is 11.9 Å². The highest BCUT2D eigenvalue weighted by molar-refractivity contribution is 5.82. The van der Waals surface area contributed by atoms with Crippen LogP contribution in [0.2, 0.25) is 0 Å². The van der Waals surface area contributed by atoms with Crippen LogP contribution in [0.5, 0.6) is 0 Å². The molecule has 0 aliphatic heterocycles. The summed E-state index contributed by atoms with van der Waals surface area (Å²) in [5.41, 5.74) is -0.173. The number of amides is 1. The Morgan fingerprint density at radius 2 is 1.95 bits per heavy atom. The van der Waals surface area contributed by atoms with E-state index in [0.29, 0.717) is 11.4 Å². The van der Waals surface area contributed by atoms with Gasteiger partial charge in [0.05, 0.1) is 0 Å². The highest BCUT2D eigenvalue weighted by Gasteiger charge is 2.28. The van der Waals surface area contributed by atoms with Gasteiger partial charge in [0.2, 0.25) is 5.91 Å². The lowest BCUT2D eigenvalue weighted by Gasteiger charge is -2.24. The summed E-state index contributed by atoms with van der Waals surface area (Å²) in [6.07, 6.45) is 3.32. The largest absolute Gasteiger partial charge is 0.342 e. The van der Waals surface area contributed by atoms with E-state index in [0.717, 1.165) is 12.1 Å². The molecule has 1 amide bonds. The molecule has 0 radical (unpaired) electrons. The monoisotopic (exact) mass is 307 g/mol. The Hall–Kier alpha value is -2.24. The summed E-state index contributed by atoms with van der Waals surface area (Å²) < 4.78 is 28.4. The SMILES string of the molecule is Cn1ccnc1[C@@H](NC(=O)C(C)(C)C)c1ccc(F)c(F)c1. The van der Waals surface area contributed by atoms with E-state index in [2.05, 4.69) is 10.3 Å². The standard InChI is InChI=1S/C16H19F2N3O/c1-16(2,3)15(22)20-13(14-19-7-8-21(14)4)10-5-6-11(17)12(18)9-10/h5-9,13H,1-4H3,(H,20,22)/t13-/m0/s1. The molecule has 0 unspecified atom stereocenters. The van der Waals surface area contributed by atoms with Gasteiger partial charge in [-0.3, -0.25) is 4.79 Å². The van der Waals surface area contributed by atoms with E-state index in [1.165, 1.54) is 6.07 Å². The van der Waals surface area contributed by atoms with Crippen LogP contribution in [-0.2, 0) is 11.8 Å². The van der Waals surface area contributed by atoms with Crippen molar-refractivity contribution in [3.63, 3.8) is 0 Å². The highest BCUT2D eigenvalue weighted by atomic mass is 19.2. The number of benzene rings is 1. The number of hydrogen-bond acceptors (Lipinski definition) is 2.